The molecule has 1 aliphatic heterocycles. The Hall–Kier alpha value is -0.340. The molecular weight excluding hydrogens is 140 g/mol. The quantitative estimate of drug-likeness (QED) is 0.625. The Morgan fingerprint density at radius 1 is 1.64 bits per heavy atom. The number of hydrogen-bond donors (Lipinski definition) is 1. The van der Waals surface area contributed by atoms with E-state index < -0.39 is 0 Å². The van der Waals surface area contributed by atoms with E-state index in [1.807, 2.05) is 0 Å². The third kappa shape index (κ3) is 3.04. The molecule has 2 heteroatoms. The molecule has 64 valence electrons. The monoisotopic (exact) mass is 156 g/mol. The molecule has 0 saturated carbocycles. The number of ether oxygens (including phenoxy) is 1. The summed E-state index contributed by atoms with van der Waals surface area (Å²) in [4.78, 5) is 0. The van der Waals surface area contributed by atoms with Gasteiger partial charge in [-0.05, 0) is 25.2 Å². The van der Waals surface area contributed by atoms with Crippen molar-refractivity contribution in [1.29, 1.82) is 0 Å². The van der Waals surface area contributed by atoms with Crippen LogP contribution in [-0.2, 0) is 4.74 Å². The first-order valence-electron chi connectivity index (χ1n) is 4.18. The van der Waals surface area contributed by atoms with E-state index in [1.165, 1.54) is 6.42 Å². The van der Waals surface area contributed by atoms with E-state index in [4.69, 9.17) is 9.84 Å². The van der Waals surface area contributed by atoms with Crippen LogP contribution in [-0.4, -0.2) is 24.9 Å². The second-order valence-corrected chi connectivity index (χ2v) is 3.20. The van der Waals surface area contributed by atoms with Crippen LogP contribution in [0, 0.1) is 5.92 Å². The summed E-state index contributed by atoms with van der Waals surface area (Å²) in [5.41, 5.74) is 0.931. The van der Waals surface area contributed by atoms with Gasteiger partial charge in [0.15, 0.2) is 0 Å². The van der Waals surface area contributed by atoms with Gasteiger partial charge in [-0.2, -0.15) is 0 Å². The zero-order chi connectivity index (χ0) is 8.10. The summed E-state index contributed by atoms with van der Waals surface area (Å²) in [5.74, 6) is 0.600. The highest BCUT2D eigenvalue weighted by atomic mass is 16.5. The lowest BCUT2D eigenvalue weighted by atomic mass is 9.95. The van der Waals surface area contributed by atoms with Crippen LogP contribution in [0.5, 0.6) is 0 Å². The van der Waals surface area contributed by atoms with Crippen LogP contribution < -0.4 is 0 Å². The molecule has 1 N–H and O–H groups in total. The lowest BCUT2D eigenvalue weighted by Crippen LogP contribution is -2.18. The van der Waals surface area contributed by atoms with Crippen molar-refractivity contribution >= 4 is 0 Å². The lowest BCUT2D eigenvalue weighted by Gasteiger charge is -2.22. The Kier molecular flexibility index (Phi) is 3.60. The van der Waals surface area contributed by atoms with Gasteiger partial charge in [0.2, 0.25) is 0 Å². The van der Waals surface area contributed by atoms with E-state index in [0.717, 1.165) is 31.6 Å². The molecule has 1 fully saturated rings. The maximum Gasteiger partial charge on any atom is 0.0639 e. The number of aliphatic hydroxyl groups is 1. The summed E-state index contributed by atoms with van der Waals surface area (Å²) in [6.45, 7) is 5.63. The van der Waals surface area contributed by atoms with Crippen LogP contribution in [0.25, 0.3) is 0 Å². The van der Waals surface area contributed by atoms with E-state index >= 15 is 0 Å². The Labute approximate surface area is 67.9 Å². The molecule has 1 unspecified atom stereocenters. The molecule has 1 atom stereocenters. The van der Waals surface area contributed by atoms with Gasteiger partial charge in [0, 0.05) is 13.2 Å². The van der Waals surface area contributed by atoms with Gasteiger partial charge in [-0.25, -0.2) is 0 Å². The fraction of sp³-hybridized carbons (Fsp3) is 0.778. The average molecular weight is 156 g/mol. The lowest BCUT2D eigenvalue weighted by molar-refractivity contribution is 0.0541. The Morgan fingerprint density at radius 2 is 2.45 bits per heavy atom. The van der Waals surface area contributed by atoms with Gasteiger partial charge in [-0.1, -0.05) is 12.2 Å². The van der Waals surface area contributed by atoms with Crippen LogP contribution in [0.4, 0.5) is 0 Å². The van der Waals surface area contributed by atoms with Gasteiger partial charge in [0.1, 0.15) is 0 Å². The summed E-state index contributed by atoms with van der Waals surface area (Å²) >= 11 is 0. The van der Waals surface area contributed by atoms with Crippen LogP contribution in [0.1, 0.15) is 19.3 Å². The van der Waals surface area contributed by atoms with Gasteiger partial charge >= 0.3 is 0 Å². The zero-order valence-electron chi connectivity index (χ0n) is 6.88. The summed E-state index contributed by atoms with van der Waals surface area (Å²) in [5, 5.41) is 8.73. The van der Waals surface area contributed by atoms with Gasteiger partial charge < -0.3 is 9.84 Å². The molecule has 1 saturated heterocycles. The Morgan fingerprint density at radius 3 is 3.00 bits per heavy atom. The molecule has 11 heavy (non-hydrogen) atoms. The smallest absolute Gasteiger partial charge is 0.0639 e. The first-order valence-corrected chi connectivity index (χ1v) is 4.18. The van der Waals surface area contributed by atoms with E-state index in [1.54, 1.807) is 0 Å². The molecule has 0 bridgehead atoms. The molecule has 0 aromatic carbocycles. The van der Waals surface area contributed by atoms with E-state index in [-0.39, 0.29) is 6.61 Å². The first-order chi connectivity index (χ1) is 5.33. The molecule has 1 aliphatic rings. The number of hydrogen-bond acceptors (Lipinski definition) is 2. The maximum atomic E-state index is 8.73. The van der Waals surface area contributed by atoms with E-state index in [2.05, 4.69) is 6.58 Å². The summed E-state index contributed by atoms with van der Waals surface area (Å²) in [7, 11) is 0. The number of aliphatic hydroxyl groups excluding tert-OH is 1. The molecule has 0 amide bonds. The van der Waals surface area contributed by atoms with Crippen LogP contribution in [0.3, 0.4) is 0 Å². The van der Waals surface area contributed by atoms with Crippen molar-refractivity contribution in [3.63, 3.8) is 0 Å². The largest absolute Gasteiger partial charge is 0.392 e. The second kappa shape index (κ2) is 4.52. The van der Waals surface area contributed by atoms with E-state index in [9.17, 15) is 0 Å². The van der Waals surface area contributed by atoms with Crippen LogP contribution in [0.2, 0.25) is 0 Å². The minimum Gasteiger partial charge on any atom is -0.392 e. The highest BCUT2D eigenvalue weighted by Crippen LogP contribution is 2.19. The highest BCUT2D eigenvalue weighted by molar-refractivity contribution is 4.95. The van der Waals surface area contributed by atoms with Gasteiger partial charge in [0.05, 0.1) is 6.61 Å². The van der Waals surface area contributed by atoms with Crippen LogP contribution >= 0.6 is 0 Å². The van der Waals surface area contributed by atoms with Crippen molar-refractivity contribution < 1.29 is 9.84 Å². The molecular formula is C9H16O2. The standard InChI is InChI=1S/C9H16O2/c1-8(6-10)5-9-3-2-4-11-7-9/h9-10H,1-7H2. The number of rotatable bonds is 3. The predicted molar refractivity (Wildman–Crippen MR) is 44.4 cm³/mol. The third-order valence-electron chi connectivity index (χ3n) is 2.06. The normalized spacial score (nSPS) is 25.0. The SMILES string of the molecule is C=C(CO)CC1CCCOC1. The van der Waals surface area contributed by atoms with Crippen molar-refractivity contribution in [2.24, 2.45) is 5.92 Å². The molecule has 0 aromatic heterocycles. The fourth-order valence-electron chi connectivity index (χ4n) is 1.44. The Bertz CT molecular complexity index is 126. The molecule has 0 spiro atoms. The van der Waals surface area contributed by atoms with Gasteiger partial charge in [-0.15, -0.1) is 0 Å². The molecule has 0 aliphatic carbocycles. The zero-order valence-corrected chi connectivity index (χ0v) is 6.88. The van der Waals surface area contributed by atoms with Gasteiger partial charge in [0.25, 0.3) is 0 Å². The average Bonchev–Trinajstić information content (AvgIpc) is 2.06. The van der Waals surface area contributed by atoms with E-state index in [0.29, 0.717) is 5.92 Å². The molecule has 1 heterocycles. The molecule has 1 rings (SSSR count). The molecule has 0 radical (unpaired) electrons. The van der Waals surface area contributed by atoms with Crippen molar-refractivity contribution in [3.8, 4) is 0 Å². The third-order valence-corrected chi connectivity index (χ3v) is 2.06. The summed E-state index contributed by atoms with van der Waals surface area (Å²) < 4.78 is 5.30. The highest BCUT2D eigenvalue weighted by Gasteiger charge is 2.13. The topological polar surface area (TPSA) is 29.5 Å². The molecule has 0 aromatic rings. The molecule has 2 nitrogen and oxygen atoms in total. The van der Waals surface area contributed by atoms with Crippen molar-refractivity contribution in [3.05, 3.63) is 12.2 Å². The Balaban J connectivity index is 2.19. The van der Waals surface area contributed by atoms with Crippen LogP contribution in [0.15, 0.2) is 12.2 Å². The summed E-state index contributed by atoms with van der Waals surface area (Å²) in [6, 6.07) is 0. The fourth-order valence-corrected chi connectivity index (χ4v) is 1.44. The van der Waals surface area contributed by atoms with Crippen molar-refractivity contribution in [2.45, 2.75) is 19.3 Å². The minimum absolute atomic E-state index is 0.122. The first kappa shape index (κ1) is 8.75. The van der Waals surface area contributed by atoms with Crippen molar-refractivity contribution in [2.75, 3.05) is 19.8 Å². The second-order valence-electron chi connectivity index (χ2n) is 3.20. The summed E-state index contributed by atoms with van der Waals surface area (Å²) in [6.07, 6.45) is 3.30. The van der Waals surface area contributed by atoms with Crippen molar-refractivity contribution in [1.82, 2.24) is 0 Å². The maximum absolute atomic E-state index is 8.73. The minimum atomic E-state index is 0.122. The predicted octanol–water partition coefficient (Wildman–Crippen LogP) is 1.35. The van der Waals surface area contributed by atoms with Gasteiger partial charge in [-0.3, -0.25) is 0 Å².